The van der Waals surface area contributed by atoms with Crippen LogP contribution in [0.4, 0.5) is 0 Å². The van der Waals surface area contributed by atoms with Gasteiger partial charge in [-0.3, -0.25) is 10.2 Å². The van der Waals surface area contributed by atoms with E-state index in [1.807, 2.05) is 4.83 Å². The third kappa shape index (κ3) is 3.75. The van der Waals surface area contributed by atoms with E-state index in [1.165, 1.54) is 30.5 Å². The van der Waals surface area contributed by atoms with Gasteiger partial charge in [0.05, 0.1) is 11.2 Å². The highest BCUT2D eigenvalue weighted by atomic mass is 32.2. The van der Waals surface area contributed by atoms with Crippen LogP contribution in [-0.4, -0.2) is 14.3 Å². The Balaban J connectivity index is 2.05. The Labute approximate surface area is 129 Å². The minimum atomic E-state index is -3.82. The first kappa shape index (κ1) is 16.3. The van der Waals surface area contributed by atoms with Crippen molar-refractivity contribution < 1.29 is 17.6 Å². The van der Waals surface area contributed by atoms with Crippen molar-refractivity contribution in [2.45, 2.75) is 31.1 Å². The van der Waals surface area contributed by atoms with Gasteiger partial charge in [-0.1, -0.05) is 26.0 Å². The number of sulfonamides is 1. The Morgan fingerprint density at radius 1 is 1.23 bits per heavy atom. The zero-order valence-electron chi connectivity index (χ0n) is 12.4. The first-order valence-corrected chi connectivity index (χ1v) is 8.38. The van der Waals surface area contributed by atoms with Crippen LogP contribution >= 0.6 is 0 Å². The lowest BCUT2D eigenvalue weighted by atomic mass is 9.99. The predicted octanol–water partition coefficient (Wildman–Crippen LogP) is 2.42. The number of hydrazine groups is 1. The molecular formula is C15H18N2O4S. The molecule has 1 heterocycles. The van der Waals surface area contributed by atoms with Crippen molar-refractivity contribution in [3.8, 4) is 0 Å². The number of benzene rings is 1. The average molecular weight is 322 g/mol. The molecule has 0 aliphatic carbocycles. The summed E-state index contributed by atoms with van der Waals surface area (Å²) in [6, 6.07) is 9.56. The van der Waals surface area contributed by atoms with Crippen molar-refractivity contribution in [3.63, 3.8) is 0 Å². The lowest BCUT2D eigenvalue weighted by Crippen LogP contribution is -2.41. The van der Waals surface area contributed by atoms with E-state index in [2.05, 4.69) is 19.3 Å². The minimum Gasteiger partial charge on any atom is -0.459 e. The van der Waals surface area contributed by atoms with Crippen molar-refractivity contribution >= 4 is 15.9 Å². The summed E-state index contributed by atoms with van der Waals surface area (Å²) in [5, 5.41) is 0. The Hall–Kier alpha value is -2.12. The van der Waals surface area contributed by atoms with Gasteiger partial charge >= 0.3 is 5.91 Å². The second kappa shape index (κ2) is 6.76. The van der Waals surface area contributed by atoms with Crippen LogP contribution in [-0.2, 0) is 10.0 Å². The number of nitrogens with one attached hydrogen (secondary N) is 2. The molecule has 1 aromatic heterocycles. The highest BCUT2D eigenvalue weighted by molar-refractivity contribution is 7.89. The maximum absolute atomic E-state index is 12.1. The second-order valence-corrected chi connectivity index (χ2v) is 6.60. The molecule has 22 heavy (non-hydrogen) atoms. The summed E-state index contributed by atoms with van der Waals surface area (Å²) in [4.78, 5) is 13.8. The fourth-order valence-corrected chi connectivity index (χ4v) is 2.69. The Bertz CT molecular complexity index is 721. The third-order valence-corrected chi connectivity index (χ3v) is 4.68. The van der Waals surface area contributed by atoms with Gasteiger partial charge in [0.1, 0.15) is 0 Å². The molecule has 0 spiro atoms. The van der Waals surface area contributed by atoms with Gasteiger partial charge in [-0.05, 0) is 42.2 Å². The van der Waals surface area contributed by atoms with Crippen LogP contribution < -0.4 is 10.3 Å². The van der Waals surface area contributed by atoms with Gasteiger partial charge in [0, 0.05) is 0 Å². The molecule has 118 valence electrons. The maximum atomic E-state index is 12.1. The van der Waals surface area contributed by atoms with Gasteiger partial charge in [0.25, 0.3) is 10.0 Å². The van der Waals surface area contributed by atoms with Crippen molar-refractivity contribution in [1.29, 1.82) is 0 Å². The fourth-order valence-electron chi connectivity index (χ4n) is 1.85. The normalized spacial score (nSPS) is 12.8. The van der Waals surface area contributed by atoms with Gasteiger partial charge in [-0.2, -0.15) is 0 Å². The molecule has 0 aliphatic heterocycles. The monoisotopic (exact) mass is 322 g/mol. The van der Waals surface area contributed by atoms with Crippen LogP contribution in [0.1, 0.15) is 42.3 Å². The number of hydrogen-bond acceptors (Lipinski definition) is 4. The maximum Gasteiger partial charge on any atom is 0.301 e. The van der Waals surface area contributed by atoms with E-state index in [0.29, 0.717) is 5.92 Å². The number of rotatable bonds is 6. The molecule has 2 N–H and O–H groups in total. The van der Waals surface area contributed by atoms with E-state index < -0.39 is 15.9 Å². The van der Waals surface area contributed by atoms with Crippen molar-refractivity contribution in [2.24, 2.45) is 0 Å². The smallest absolute Gasteiger partial charge is 0.301 e. The van der Waals surface area contributed by atoms with Crippen LogP contribution in [0, 0.1) is 0 Å². The molecule has 0 unspecified atom stereocenters. The summed E-state index contributed by atoms with van der Waals surface area (Å²) in [6.45, 7) is 4.15. The molecule has 6 nitrogen and oxygen atoms in total. The Kier molecular flexibility index (Phi) is 4.99. The topological polar surface area (TPSA) is 88.4 Å². The lowest BCUT2D eigenvalue weighted by molar-refractivity contribution is 0.0917. The molecule has 0 saturated heterocycles. The average Bonchev–Trinajstić information content (AvgIpc) is 3.06. The van der Waals surface area contributed by atoms with E-state index in [9.17, 15) is 13.2 Å². The number of furan rings is 1. The summed E-state index contributed by atoms with van der Waals surface area (Å²) in [7, 11) is -3.82. The predicted molar refractivity (Wildman–Crippen MR) is 81.6 cm³/mol. The summed E-state index contributed by atoms with van der Waals surface area (Å²) < 4.78 is 29.1. The molecule has 1 atom stereocenters. The molecule has 0 bridgehead atoms. The molecule has 2 rings (SSSR count). The number of carbonyl (C=O) groups excluding carboxylic acids is 1. The lowest BCUT2D eigenvalue weighted by Gasteiger charge is -2.11. The fraction of sp³-hybridized carbons (Fsp3) is 0.267. The van der Waals surface area contributed by atoms with Gasteiger partial charge in [-0.15, -0.1) is 4.83 Å². The quantitative estimate of drug-likeness (QED) is 0.799. The molecule has 0 aliphatic rings. The van der Waals surface area contributed by atoms with E-state index >= 15 is 0 Å². The van der Waals surface area contributed by atoms with Crippen LogP contribution in [0.15, 0.2) is 52.0 Å². The summed E-state index contributed by atoms with van der Waals surface area (Å²) in [5.41, 5.74) is 3.17. The van der Waals surface area contributed by atoms with Gasteiger partial charge in [0.15, 0.2) is 5.76 Å². The highest BCUT2D eigenvalue weighted by Crippen LogP contribution is 2.20. The zero-order valence-corrected chi connectivity index (χ0v) is 13.2. The van der Waals surface area contributed by atoms with E-state index in [0.717, 1.165) is 12.0 Å². The molecule has 2 aromatic rings. The molecular weight excluding hydrogens is 304 g/mol. The van der Waals surface area contributed by atoms with Crippen molar-refractivity contribution in [2.75, 3.05) is 0 Å². The van der Waals surface area contributed by atoms with Crippen LogP contribution in [0.2, 0.25) is 0 Å². The highest BCUT2D eigenvalue weighted by Gasteiger charge is 2.17. The number of carbonyl (C=O) groups is 1. The van der Waals surface area contributed by atoms with E-state index in [4.69, 9.17) is 4.42 Å². The second-order valence-electron chi connectivity index (χ2n) is 4.92. The van der Waals surface area contributed by atoms with Crippen LogP contribution in [0.5, 0.6) is 0 Å². The van der Waals surface area contributed by atoms with Crippen molar-refractivity contribution in [1.82, 2.24) is 10.3 Å². The van der Waals surface area contributed by atoms with Crippen LogP contribution in [0.25, 0.3) is 0 Å². The first-order valence-electron chi connectivity index (χ1n) is 6.89. The summed E-state index contributed by atoms with van der Waals surface area (Å²) in [5.74, 6) is -0.275. The summed E-state index contributed by atoms with van der Waals surface area (Å²) in [6.07, 6.45) is 2.31. The SMILES string of the molecule is CC[C@H](C)c1ccc(S(=O)(=O)NNC(=O)c2ccco2)cc1. The zero-order chi connectivity index (χ0) is 16.2. The van der Waals surface area contributed by atoms with E-state index in [-0.39, 0.29) is 10.7 Å². The van der Waals surface area contributed by atoms with Gasteiger partial charge in [0.2, 0.25) is 0 Å². The molecule has 1 aromatic carbocycles. The molecule has 0 radical (unpaired) electrons. The molecule has 0 fully saturated rings. The molecule has 7 heteroatoms. The van der Waals surface area contributed by atoms with Crippen LogP contribution in [0.3, 0.4) is 0 Å². The molecule has 0 saturated carbocycles. The van der Waals surface area contributed by atoms with Gasteiger partial charge < -0.3 is 4.42 Å². The minimum absolute atomic E-state index is 0.0230. The first-order chi connectivity index (χ1) is 10.4. The Morgan fingerprint density at radius 3 is 2.45 bits per heavy atom. The largest absolute Gasteiger partial charge is 0.459 e. The Morgan fingerprint density at radius 2 is 1.91 bits per heavy atom. The number of hydrogen-bond donors (Lipinski definition) is 2. The van der Waals surface area contributed by atoms with Gasteiger partial charge in [-0.25, -0.2) is 8.42 Å². The standard InChI is InChI=1S/C15H18N2O4S/c1-3-11(2)12-6-8-13(9-7-12)22(19,20)17-16-15(18)14-5-4-10-21-14/h4-11,17H,3H2,1-2H3,(H,16,18)/t11-/m0/s1. The van der Waals surface area contributed by atoms with Crippen molar-refractivity contribution in [3.05, 3.63) is 54.0 Å². The van der Waals surface area contributed by atoms with E-state index in [1.54, 1.807) is 12.1 Å². The third-order valence-electron chi connectivity index (χ3n) is 3.42. The number of amides is 1. The summed E-state index contributed by atoms with van der Waals surface area (Å²) >= 11 is 0. The molecule has 1 amide bonds.